The van der Waals surface area contributed by atoms with E-state index in [1.54, 1.807) is 25.1 Å². The summed E-state index contributed by atoms with van der Waals surface area (Å²) in [6, 6.07) is 5.11. The first-order valence-corrected chi connectivity index (χ1v) is 6.89. The van der Waals surface area contributed by atoms with Gasteiger partial charge in [-0.15, -0.1) is 0 Å². The van der Waals surface area contributed by atoms with Crippen molar-refractivity contribution < 1.29 is 8.42 Å². The molecule has 18 heavy (non-hydrogen) atoms. The molecule has 0 spiro atoms. The smallest absolute Gasteiger partial charge is 0.242 e. The number of H-pyrrole nitrogens is 1. The zero-order valence-electron chi connectivity index (χ0n) is 10.0. The van der Waals surface area contributed by atoms with Gasteiger partial charge in [-0.1, -0.05) is 12.2 Å². The van der Waals surface area contributed by atoms with E-state index in [4.69, 9.17) is 5.73 Å². The summed E-state index contributed by atoms with van der Waals surface area (Å²) in [5.41, 5.74) is 7.68. The highest BCUT2D eigenvalue weighted by molar-refractivity contribution is 7.89. The number of fused-ring (bicyclic) bond motifs is 1. The summed E-state index contributed by atoms with van der Waals surface area (Å²) in [5.74, 6) is 0. The Morgan fingerprint density at radius 2 is 2.22 bits per heavy atom. The van der Waals surface area contributed by atoms with Gasteiger partial charge < -0.3 is 10.7 Å². The fraction of sp³-hybridized carbons (Fsp3) is 0.167. The van der Waals surface area contributed by atoms with Crippen LogP contribution in [0.4, 0.5) is 5.69 Å². The number of anilines is 1. The fourth-order valence-electron chi connectivity index (χ4n) is 1.63. The first-order valence-electron chi connectivity index (χ1n) is 5.41. The Morgan fingerprint density at radius 1 is 1.50 bits per heavy atom. The number of nitrogen functional groups attached to an aromatic ring is 1. The van der Waals surface area contributed by atoms with Crippen LogP contribution in [0, 0.1) is 0 Å². The Balaban J connectivity index is 2.47. The summed E-state index contributed by atoms with van der Waals surface area (Å²) >= 11 is 0. The van der Waals surface area contributed by atoms with Crippen molar-refractivity contribution in [2.24, 2.45) is 0 Å². The van der Waals surface area contributed by atoms with E-state index in [1.807, 2.05) is 0 Å². The molecule has 1 heterocycles. The van der Waals surface area contributed by atoms with Crippen LogP contribution in [0.5, 0.6) is 0 Å². The molecule has 1 aromatic heterocycles. The number of aromatic nitrogens is 1. The SMILES string of the molecule is C=C(C)CNS(=O)(=O)c1c[nH]c2ccc(N)cc12. The molecule has 5 nitrogen and oxygen atoms in total. The van der Waals surface area contributed by atoms with E-state index in [9.17, 15) is 8.42 Å². The summed E-state index contributed by atoms with van der Waals surface area (Å²) in [5, 5.41) is 0.587. The number of rotatable bonds is 4. The minimum absolute atomic E-state index is 0.200. The fourth-order valence-corrected chi connectivity index (χ4v) is 2.90. The Kier molecular flexibility index (Phi) is 3.14. The standard InChI is InChI=1S/C12H15N3O2S/c1-8(2)6-15-18(16,17)12-7-14-11-4-3-9(13)5-10(11)12/h3-5,7,14-15H,1,6,13H2,2H3. The molecule has 1 aromatic carbocycles. The van der Waals surface area contributed by atoms with Crippen molar-refractivity contribution in [3.63, 3.8) is 0 Å². The number of nitrogens with two attached hydrogens (primary N) is 1. The van der Waals surface area contributed by atoms with E-state index in [0.29, 0.717) is 11.1 Å². The van der Waals surface area contributed by atoms with Gasteiger partial charge in [0.1, 0.15) is 4.90 Å². The molecule has 0 fully saturated rings. The average Bonchev–Trinajstić information content (AvgIpc) is 2.70. The van der Waals surface area contributed by atoms with E-state index in [-0.39, 0.29) is 11.4 Å². The van der Waals surface area contributed by atoms with Crippen LogP contribution >= 0.6 is 0 Å². The van der Waals surface area contributed by atoms with E-state index < -0.39 is 10.0 Å². The van der Waals surface area contributed by atoms with Crippen molar-refractivity contribution in [1.29, 1.82) is 0 Å². The van der Waals surface area contributed by atoms with Crippen LogP contribution in [0.25, 0.3) is 10.9 Å². The van der Waals surface area contributed by atoms with Gasteiger partial charge in [0.05, 0.1) is 0 Å². The quantitative estimate of drug-likeness (QED) is 0.579. The van der Waals surface area contributed by atoms with Crippen molar-refractivity contribution in [3.05, 3.63) is 36.5 Å². The van der Waals surface area contributed by atoms with Crippen LogP contribution in [0.15, 0.2) is 41.4 Å². The van der Waals surface area contributed by atoms with Gasteiger partial charge in [0.25, 0.3) is 0 Å². The topological polar surface area (TPSA) is 88.0 Å². The number of nitrogens with one attached hydrogen (secondary N) is 2. The Bertz CT molecular complexity index is 701. The van der Waals surface area contributed by atoms with Crippen molar-refractivity contribution >= 4 is 26.6 Å². The lowest BCUT2D eigenvalue weighted by atomic mass is 10.2. The maximum Gasteiger partial charge on any atom is 0.242 e. The van der Waals surface area contributed by atoms with Crippen molar-refractivity contribution in [1.82, 2.24) is 9.71 Å². The molecule has 2 rings (SSSR count). The second-order valence-corrected chi connectivity index (χ2v) is 5.97. The number of hydrogen-bond acceptors (Lipinski definition) is 3. The molecule has 0 saturated heterocycles. The van der Waals surface area contributed by atoms with Crippen LogP contribution in [-0.4, -0.2) is 19.9 Å². The molecule has 0 saturated carbocycles. The third-order valence-electron chi connectivity index (χ3n) is 2.52. The van der Waals surface area contributed by atoms with Gasteiger partial charge in [-0.2, -0.15) is 0 Å². The number of benzene rings is 1. The van der Waals surface area contributed by atoms with Crippen molar-refractivity contribution in [2.45, 2.75) is 11.8 Å². The molecule has 2 aromatic rings. The highest BCUT2D eigenvalue weighted by Gasteiger charge is 2.18. The Morgan fingerprint density at radius 3 is 2.89 bits per heavy atom. The van der Waals surface area contributed by atoms with Crippen molar-refractivity contribution in [3.8, 4) is 0 Å². The first-order chi connectivity index (χ1) is 8.40. The van der Waals surface area contributed by atoms with Crippen LogP contribution in [-0.2, 0) is 10.0 Å². The van der Waals surface area contributed by atoms with Gasteiger partial charge in [0.15, 0.2) is 0 Å². The molecular formula is C12H15N3O2S. The highest BCUT2D eigenvalue weighted by Crippen LogP contribution is 2.24. The number of hydrogen-bond donors (Lipinski definition) is 3. The summed E-state index contributed by atoms with van der Waals surface area (Å²) < 4.78 is 26.7. The van der Waals surface area contributed by atoms with Crippen LogP contribution in [0.3, 0.4) is 0 Å². The van der Waals surface area contributed by atoms with Gasteiger partial charge in [0, 0.05) is 29.3 Å². The third-order valence-corrected chi connectivity index (χ3v) is 3.96. The molecule has 0 aliphatic rings. The summed E-state index contributed by atoms with van der Waals surface area (Å²) in [4.78, 5) is 3.11. The van der Waals surface area contributed by atoms with E-state index >= 15 is 0 Å². The zero-order valence-corrected chi connectivity index (χ0v) is 10.8. The molecule has 0 unspecified atom stereocenters. The molecule has 0 atom stereocenters. The van der Waals surface area contributed by atoms with Gasteiger partial charge in [-0.05, 0) is 25.1 Å². The molecular weight excluding hydrogens is 250 g/mol. The molecule has 0 radical (unpaired) electrons. The lowest BCUT2D eigenvalue weighted by molar-refractivity contribution is 0.585. The van der Waals surface area contributed by atoms with E-state index in [2.05, 4.69) is 16.3 Å². The normalized spacial score (nSPS) is 11.8. The lowest BCUT2D eigenvalue weighted by Gasteiger charge is -2.05. The largest absolute Gasteiger partial charge is 0.399 e. The lowest BCUT2D eigenvalue weighted by Crippen LogP contribution is -2.25. The van der Waals surface area contributed by atoms with Gasteiger partial charge in [-0.25, -0.2) is 13.1 Å². The highest BCUT2D eigenvalue weighted by atomic mass is 32.2. The van der Waals surface area contributed by atoms with Crippen LogP contribution in [0.1, 0.15) is 6.92 Å². The van der Waals surface area contributed by atoms with Crippen molar-refractivity contribution in [2.75, 3.05) is 12.3 Å². The van der Waals surface area contributed by atoms with Crippen LogP contribution in [0.2, 0.25) is 0 Å². The molecule has 96 valence electrons. The second-order valence-electron chi connectivity index (χ2n) is 4.24. The summed E-state index contributed by atoms with van der Waals surface area (Å²) in [6.45, 7) is 5.64. The summed E-state index contributed by atoms with van der Waals surface area (Å²) in [7, 11) is -3.55. The summed E-state index contributed by atoms with van der Waals surface area (Å²) in [6.07, 6.45) is 1.46. The maximum atomic E-state index is 12.1. The van der Waals surface area contributed by atoms with Crippen LogP contribution < -0.4 is 10.5 Å². The molecule has 4 N–H and O–H groups in total. The molecule has 0 aliphatic carbocycles. The van der Waals surface area contributed by atoms with Gasteiger partial charge >= 0.3 is 0 Å². The maximum absolute atomic E-state index is 12.1. The predicted molar refractivity (Wildman–Crippen MR) is 72.7 cm³/mol. The van der Waals surface area contributed by atoms with E-state index in [1.165, 1.54) is 6.20 Å². The number of sulfonamides is 1. The minimum atomic E-state index is -3.55. The molecule has 0 aliphatic heterocycles. The molecule has 0 amide bonds. The van der Waals surface area contributed by atoms with Gasteiger partial charge in [-0.3, -0.25) is 0 Å². The predicted octanol–water partition coefficient (Wildman–Crippen LogP) is 1.60. The first kappa shape index (κ1) is 12.7. The van der Waals surface area contributed by atoms with E-state index in [0.717, 1.165) is 11.1 Å². The van der Waals surface area contributed by atoms with Gasteiger partial charge in [0.2, 0.25) is 10.0 Å². The average molecular weight is 265 g/mol. The Labute approximate surface area is 106 Å². The minimum Gasteiger partial charge on any atom is -0.399 e. The second kappa shape index (κ2) is 4.47. The molecule has 6 heteroatoms. The monoisotopic (exact) mass is 265 g/mol. The Hall–Kier alpha value is -1.79. The number of aromatic amines is 1. The third kappa shape index (κ3) is 2.39. The molecule has 0 bridgehead atoms. The zero-order chi connectivity index (χ0) is 13.3.